The van der Waals surface area contributed by atoms with Gasteiger partial charge < -0.3 is 5.11 Å². The first-order valence-electron chi connectivity index (χ1n) is 2.55. The van der Waals surface area contributed by atoms with Crippen molar-refractivity contribution in [2.75, 3.05) is 5.88 Å². The smallest absolute Gasteiger partial charge is 0.116 e. The Morgan fingerprint density at radius 2 is 2.25 bits per heavy atom. The van der Waals surface area contributed by atoms with E-state index in [1.807, 2.05) is 0 Å². The number of rotatable bonds is 3. The number of alkyl halides is 2. The van der Waals surface area contributed by atoms with Gasteiger partial charge in [0.2, 0.25) is 0 Å². The molecule has 3 heteroatoms. The van der Waals surface area contributed by atoms with E-state index >= 15 is 0 Å². The summed E-state index contributed by atoms with van der Waals surface area (Å²) in [7, 11) is 0. The lowest BCUT2D eigenvalue weighted by molar-refractivity contribution is 0.149. The minimum Gasteiger partial charge on any atom is -0.393 e. The highest BCUT2D eigenvalue weighted by atomic mass is 35.5. The Labute approximate surface area is 53.5 Å². The molecule has 0 aliphatic carbocycles. The Balaban J connectivity index is 3.10. The maximum absolute atomic E-state index is 12.1. The van der Waals surface area contributed by atoms with Gasteiger partial charge in [0.1, 0.15) is 6.17 Å². The van der Waals surface area contributed by atoms with E-state index in [9.17, 15) is 4.39 Å². The van der Waals surface area contributed by atoms with Crippen molar-refractivity contribution >= 4 is 11.6 Å². The average Bonchev–Trinajstić information content (AvgIpc) is 1.65. The topological polar surface area (TPSA) is 20.2 Å². The standard InChI is InChI=1S/C5H10ClFO/c1-4(8)2-5(7)3-6/h4-5,8H,2-3H2,1H3. The highest BCUT2D eigenvalue weighted by Crippen LogP contribution is 2.03. The number of aliphatic hydroxyl groups excluding tert-OH is 1. The van der Waals surface area contributed by atoms with Crippen LogP contribution in [0, 0.1) is 0 Å². The molecule has 0 rings (SSSR count). The second-order valence-electron chi connectivity index (χ2n) is 1.84. The van der Waals surface area contributed by atoms with Crippen molar-refractivity contribution in [1.82, 2.24) is 0 Å². The van der Waals surface area contributed by atoms with Crippen molar-refractivity contribution in [3.8, 4) is 0 Å². The minimum absolute atomic E-state index is 0.0229. The molecule has 1 N–H and O–H groups in total. The van der Waals surface area contributed by atoms with Crippen LogP contribution in [0.25, 0.3) is 0 Å². The van der Waals surface area contributed by atoms with E-state index in [-0.39, 0.29) is 12.3 Å². The lowest BCUT2D eigenvalue weighted by Gasteiger charge is -2.04. The molecule has 0 aromatic heterocycles. The third kappa shape index (κ3) is 4.34. The fraction of sp³-hybridized carbons (Fsp3) is 1.00. The molecule has 2 unspecified atom stereocenters. The minimum atomic E-state index is -1.06. The summed E-state index contributed by atoms with van der Waals surface area (Å²) >= 11 is 5.11. The molecule has 0 saturated carbocycles. The van der Waals surface area contributed by atoms with Crippen LogP contribution in [0.2, 0.25) is 0 Å². The molecule has 0 radical (unpaired) electrons. The molecule has 0 bridgehead atoms. The van der Waals surface area contributed by atoms with Gasteiger partial charge in [-0.25, -0.2) is 4.39 Å². The fourth-order valence-electron chi connectivity index (χ4n) is 0.433. The van der Waals surface area contributed by atoms with Crippen LogP contribution in [-0.4, -0.2) is 23.3 Å². The summed E-state index contributed by atoms with van der Waals surface area (Å²) in [6, 6.07) is 0. The second kappa shape index (κ2) is 4.10. The summed E-state index contributed by atoms with van der Waals surface area (Å²) in [5.74, 6) is -0.0229. The van der Waals surface area contributed by atoms with Gasteiger partial charge in [-0.3, -0.25) is 0 Å². The highest BCUT2D eigenvalue weighted by Gasteiger charge is 2.06. The predicted octanol–water partition coefficient (Wildman–Crippen LogP) is 1.33. The Morgan fingerprint density at radius 3 is 2.38 bits per heavy atom. The Hall–Kier alpha value is 0.180. The molecule has 0 aromatic rings. The van der Waals surface area contributed by atoms with Crippen molar-refractivity contribution in [3.63, 3.8) is 0 Å². The van der Waals surface area contributed by atoms with Gasteiger partial charge >= 0.3 is 0 Å². The van der Waals surface area contributed by atoms with Gasteiger partial charge in [0, 0.05) is 6.42 Å². The van der Waals surface area contributed by atoms with Crippen molar-refractivity contribution < 1.29 is 9.50 Å². The third-order valence-corrected chi connectivity index (χ3v) is 1.10. The normalized spacial score (nSPS) is 18.0. The van der Waals surface area contributed by atoms with Crippen molar-refractivity contribution in [3.05, 3.63) is 0 Å². The third-order valence-electron chi connectivity index (χ3n) is 0.764. The van der Waals surface area contributed by atoms with E-state index in [1.165, 1.54) is 0 Å². The van der Waals surface area contributed by atoms with E-state index in [0.717, 1.165) is 0 Å². The van der Waals surface area contributed by atoms with Gasteiger partial charge in [0.05, 0.1) is 12.0 Å². The Morgan fingerprint density at radius 1 is 1.75 bits per heavy atom. The molecule has 0 aromatic carbocycles. The molecular weight excluding hydrogens is 131 g/mol. The monoisotopic (exact) mass is 140 g/mol. The van der Waals surface area contributed by atoms with Crippen LogP contribution in [0.1, 0.15) is 13.3 Å². The summed E-state index contributed by atoms with van der Waals surface area (Å²) < 4.78 is 12.1. The van der Waals surface area contributed by atoms with Gasteiger partial charge in [0.25, 0.3) is 0 Å². The van der Waals surface area contributed by atoms with Gasteiger partial charge in [-0.05, 0) is 6.92 Å². The van der Waals surface area contributed by atoms with Crippen molar-refractivity contribution in [1.29, 1.82) is 0 Å². The quantitative estimate of drug-likeness (QED) is 0.587. The predicted molar refractivity (Wildman–Crippen MR) is 31.9 cm³/mol. The molecule has 0 aliphatic heterocycles. The Kier molecular flexibility index (Phi) is 4.19. The Bertz CT molecular complexity index is 58.4. The average molecular weight is 141 g/mol. The molecular formula is C5H10ClFO. The van der Waals surface area contributed by atoms with E-state index in [2.05, 4.69) is 0 Å². The molecule has 0 spiro atoms. The van der Waals surface area contributed by atoms with Crippen LogP contribution >= 0.6 is 11.6 Å². The summed E-state index contributed by atoms with van der Waals surface area (Å²) in [6.07, 6.45) is -1.50. The van der Waals surface area contributed by atoms with E-state index in [1.54, 1.807) is 6.92 Å². The summed E-state index contributed by atoms with van der Waals surface area (Å²) in [5.41, 5.74) is 0. The zero-order valence-electron chi connectivity index (χ0n) is 4.77. The fourth-order valence-corrected chi connectivity index (χ4v) is 0.559. The molecule has 0 aliphatic rings. The van der Waals surface area contributed by atoms with E-state index < -0.39 is 12.3 Å². The summed E-state index contributed by atoms with van der Waals surface area (Å²) in [4.78, 5) is 0. The first kappa shape index (κ1) is 8.18. The number of hydrogen-bond donors (Lipinski definition) is 1. The van der Waals surface area contributed by atoms with Gasteiger partial charge in [-0.2, -0.15) is 0 Å². The molecule has 0 fully saturated rings. The van der Waals surface area contributed by atoms with Crippen LogP contribution in [-0.2, 0) is 0 Å². The lowest BCUT2D eigenvalue weighted by atomic mass is 10.2. The zero-order valence-corrected chi connectivity index (χ0v) is 5.53. The lowest BCUT2D eigenvalue weighted by Crippen LogP contribution is -2.11. The zero-order chi connectivity index (χ0) is 6.57. The van der Waals surface area contributed by atoms with Crippen molar-refractivity contribution in [2.45, 2.75) is 25.6 Å². The first-order valence-corrected chi connectivity index (χ1v) is 3.08. The maximum atomic E-state index is 12.1. The molecule has 50 valence electrons. The second-order valence-corrected chi connectivity index (χ2v) is 2.14. The molecule has 2 atom stereocenters. The molecule has 8 heavy (non-hydrogen) atoms. The number of aliphatic hydroxyl groups is 1. The molecule has 1 nitrogen and oxygen atoms in total. The first-order chi connectivity index (χ1) is 3.66. The van der Waals surface area contributed by atoms with Gasteiger partial charge in [-0.1, -0.05) is 0 Å². The van der Waals surface area contributed by atoms with Crippen LogP contribution < -0.4 is 0 Å². The van der Waals surface area contributed by atoms with E-state index in [4.69, 9.17) is 16.7 Å². The SMILES string of the molecule is CC(O)CC(F)CCl. The van der Waals surface area contributed by atoms with Gasteiger partial charge in [0.15, 0.2) is 0 Å². The summed E-state index contributed by atoms with van der Waals surface area (Å²) in [5, 5.41) is 8.56. The largest absolute Gasteiger partial charge is 0.393 e. The summed E-state index contributed by atoms with van der Waals surface area (Å²) in [6.45, 7) is 1.54. The number of hydrogen-bond acceptors (Lipinski definition) is 1. The molecule has 0 heterocycles. The number of halogens is 2. The van der Waals surface area contributed by atoms with Crippen LogP contribution in [0.5, 0.6) is 0 Å². The maximum Gasteiger partial charge on any atom is 0.116 e. The highest BCUT2D eigenvalue weighted by molar-refractivity contribution is 6.18. The van der Waals surface area contributed by atoms with Crippen LogP contribution in [0.3, 0.4) is 0 Å². The van der Waals surface area contributed by atoms with Gasteiger partial charge in [-0.15, -0.1) is 11.6 Å². The molecule has 0 amide bonds. The van der Waals surface area contributed by atoms with Crippen LogP contribution in [0.4, 0.5) is 4.39 Å². The molecule has 0 saturated heterocycles. The van der Waals surface area contributed by atoms with Crippen LogP contribution in [0.15, 0.2) is 0 Å². The van der Waals surface area contributed by atoms with Crippen molar-refractivity contribution in [2.24, 2.45) is 0 Å². The van der Waals surface area contributed by atoms with E-state index in [0.29, 0.717) is 0 Å².